The molecule has 7 heteroatoms. The number of hydrogen-bond donors (Lipinski definition) is 3. The van der Waals surface area contributed by atoms with Crippen molar-refractivity contribution in [3.63, 3.8) is 0 Å². The maximum absolute atomic E-state index is 11.8. The first-order valence-electron chi connectivity index (χ1n) is 5.83. The second-order valence-electron chi connectivity index (χ2n) is 4.00. The highest BCUT2D eigenvalue weighted by molar-refractivity contribution is 7.99. The Morgan fingerprint density at radius 1 is 1.50 bits per heavy atom. The van der Waals surface area contributed by atoms with E-state index >= 15 is 0 Å². The van der Waals surface area contributed by atoms with Crippen LogP contribution in [0.25, 0.3) is 0 Å². The Bertz CT molecular complexity index is 440. The van der Waals surface area contributed by atoms with Crippen LogP contribution in [0.2, 0.25) is 0 Å². The number of hydrogen-bond acceptors (Lipinski definition) is 6. The molecule has 5 nitrogen and oxygen atoms in total. The Morgan fingerprint density at radius 2 is 2.17 bits per heavy atom. The average Bonchev–Trinajstić information content (AvgIpc) is 2.76. The average molecular weight is 286 g/mol. The third kappa shape index (κ3) is 2.43. The first-order chi connectivity index (χ1) is 8.69. The number of nitrogens with two attached hydrogens (primary N) is 1. The molecule has 1 fully saturated rings. The van der Waals surface area contributed by atoms with E-state index in [0.717, 1.165) is 36.1 Å². The van der Waals surface area contributed by atoms with Crippen molar-refractivity contribution in [2.24, 2.45) is 0 Å². The largest absolute Gasteiger partial charge is 0.396 e. The second kappa shape index (κ2) is 5.81. The number of thioether (sulfide) groups is 1. The van der Waals surface area contributed by atoms with Crippen LogP contribution in [0.1, 0.15) is 9.67 Å². The van der Waals surface area contributed by atoms with Gasteiger partial charge in [-0.3, -0.25) is 4.79 Å². The summed E-state index contributed by atoms with van der Waals surface area (Å²) in [6.07, 6.45) is 2.00. The molecule has 1 amide bonds. The molecule has 0 spiro atoms. The van der Waals surface area contributed by atoms with E-state index in [1.54, 1.807) is 18.8 Å². The molecule has 0 bridgehead atoms. The molecule has 18 heavy (non-hydrogen) atoms. The van der Waals surface area contributed by atoms with Gasteiger partial charge in [-0.05, 0) is 6.26 Å². The number of nitrogens with zero attached hydrogens (tertiary/aromatic N) is 1. The normalized spacial score (nSPS) is 15.8. The van der Waals surface area contributed by atoms with Crippen LogP contribution < -0.4 is 21.3 Å². The summed E-state index contributed by atoms with van der Waals surface area (Å²) in [5, 5.41) is 7.09. The van der Waals surface area contributed by atoms with Crippen molar-refractivity contribution < 1.29 is 4.79 Å². The summed E-state index contributed by atoms with van der Waals surface area (Å²) in [6, 6.07) is 0. The third-order valence-electron chi connectivity index (χ3n) is 2.92. The van der Waals surface area contributed by atoms with Crippen LogP contribution in [0.5, 0.6) is 0 Å². The third-order valence-corrected chi connectivity index (χ3v) is 5.14. The lowest BCUT2D eigenvalue weighted by atomic mass is 10.3. The van der Waals surface area contributed by atoms with Gasteiger partial charge >= 0.3 is 0 Å². The topological polar surface area (TPSA) is 70.4 Å². The van der Waals surface area contributed by atoms with E-state index in [1.165, 1.54) is 11.3 Å². The standard InChI is InChI=1S/C11H18N4OS2/c1-13-10(16)8-7(12)9(17-2)11(18-8)15-5-3-14-4-6-15/h14H,3-6,12H2,1-2H3,(H,13,16). The van der Waals surface area contributed by atoms with Gasteiger partial charge < -0.3 is 21.3 Å². The fraction of sp³-hybridized carbons (Fsp3) is 0.545. The van der Waals surface area contributed by atoms with Crippen molar-refractivity contribution in [1.82, 2.24) is 10.6 Å². The molecule has 0 radical (unpaired) electrons. The van der Waals surface area contributed by atoms with Crippen molar-refractivity contribution in [2.45, 2.75) is 4.90 Å². The van der Waals surface area contributed by atoms with Gasteiger partial charge in [0.05, 0.1) is 10.6 Å². The zero-order valence-electron chi connectivity index (χ0n) is 10.6. The number of rotatable bonds is 3. The molecule has 1 aromatic rings. The number of carbonyl (C=O) groups is 1. The minimum Gasteiger partial charge on any atom is -0.396 e. The van der Waals surface area contributed by atoms with Crippen molar-refractivity contribution in [3.8, 4) is 0 Å². The van der Waals surface area contributed by atoms with Crippen LogP contribution in [0.4, 0.5) is 10.7 Å². The molecule has 2 heterocycles. The number of nitrogens with one attached hydrogen (secondary N) is 2. The molecule has 4 N–H and O–H groups in total. The maximum Gasteiger partial charge on any atom is 0.263 e. The summed E-state index contributed by atoms with van der Waals surface area (Å²) in [4.78, 5) is 15.7. The summed E-state index contributed by atoms with van der Waals surface area (Å²) in [7, 11) is 1.63. The smallest absolute Gasteiger partial charge is 0.263 e. The summed E-state index contributed by atoms with van der Waals surface area (Å²) >= 11 is 3.10. The lowest BCUT2D eigenvalue weighted by Crippen LogP contribution is -2.43. The van der Waals surface area contributed by atoms with Gasteiger partial charge in [-0.2, -0.15) is 0 Å². The van der Waals surface area contributed by atoms with Gasteiger partial charge in [0, 0.05) is 33.2 Å². The zero-order chi connectivity index (χ0) is 13.1. The number of amides is 1. The highest BCUT2D eigenvalue weighted by Gasteiger charge is 2.24. The molecule has 1 saturated heterocycles. The van der Waals surface area contributed by atoms with Crippen molar-refractivity contribution in [2.75, 3.05) is 50.1 Å². The van der Waals surface area contributed by atoms with Gasteiger partial charge in [0.15, 0.2) is 0 Å². The number of anilines is 2. The van der Waals surface area contributed by atoms with Crippen LogP contribution in [0, 0.1) is 0 Å². The number of carbonyl (C=O) groups excluding carboxylic acids is 1. The fourth-order valence-corrected chi connectivity index (χ4v) is 4.15. The van der Waals surface area contributed by atoms with Gasteiger partial charge in [-0.15, -0.1) is 23.1 Å². The van der Waals surface area contributed by atoms with Crippen LogP contribution >= 0.6 is 23.1 Å². The predicted octanol–water partition coefficient (Wildman–Crippen LogP) is 0.821. The Labute approximate surface area is 115 Å². The van der Waals surface area contributed by atoms with Crippen molar-refractivity contribution in [3.05, 3.63) is 4.88 Å². The highest BCUT2D eigenvalue weighted by Crippen LogP contribution is 2.43. The summed E-state index contributed by atoms with van der Waals surface area (Å²) in [5.41, 5.74) is 6.70. The van der Waals surface area contributed by atoms with E-state index in [-0.39, 0.29) is 5.91 Å². The molecule has 0 atom stereocenters. The van der Waals surface area contributed by atoms with Crippen LogP contribution in [-0.2, 0) is 0 Å². The first-order valence-corrected chi connectivity index (χ1v) is 7.87. The van der Waals surface area contributed by atoms with Gasteiger partial charge in [0.1, 0.15) is 9.88 Å². The highest BCUT2D eigenvalue weighted by atomic mass is 32.2. The van der Waals surface area contributed by atoms with E-state index in [4.69, 9.17) is 5.73 Å². The molecule has 0 aromatic carbocycles. The molecule has 1 aromatic heterocycles. The maximum atomic E-state index is 11.8. The molecular formula is C11H18N4OS2. The molecular weight excluding hydrogens is 268 g/mol. The fourth-order valence-electron chi connectivity index (χ4n) is 1.97. The lowest BCUT2D eigenvalue weighted by molar-refractivity contribution is 0.0968. The number of piperazine rings is 1. The SMILES string of the molecule is CNC(=O)c1sc(N2CCNCC2)c(SC)c1N. The minimum atomic E-state index is -0.103. The Balaban J connectivity index is 2.36. The number of thiophene rings is 1. The van der Waals surface area contributed by atoms with Crippen LogP contribution in [0.15, 0.2) is 4.90 Å². The Hall–Kier alpha value is -0.920. The Morgan fingerprint density at radius 3 is 2.72 bits per heavy atom. The van der Waals surface area contributed by atoms with Crippen LogP contribution in [0.3, 0.4) is 0 Å². The monoisotopic (exact) mass is 286 g/mol. The van der Waals surface area contributed by atoms with Crippen molar-refractivity contribution >= 4 is 39.7 Å². The number of nitrogen functional groups attached to an aromatic ring is 1. The van der Waals surface area contributed by atoms with Gasteiger partial charge in [0.2, 0.25) is 0 Å². The molecule has 0 unspecified atom stereocenters. The van der Waals surface area contributed by atoms with E-state index in [9.17, 15) is 4.79 Å². The van der Waals surface area contributed by atoms with Gasteiger partial charge in [-0.25, -0.2) is 0 Å². The van der Waals surface area contributed by atoms with E-state index < -0.39 is 0 Å². The van der Waals surface area contributed by atoms with Crippen LogP contribution in [-0.4, -0.2) is 45.4 Å². The Kier molecular flexibility index (Phi) is 4.36. The molecule has 2 rings (SSSR count). The van der Waals surface area contributed by atoms with E-state index in [0.29, 0.717) is 10.6 Å². The zero-order valence-corrected chi connectivity index (χ0v) is 12.2. The minimum absolute atomic E-state index is 0.103. The van der Waals surface area contributed by atoms with Gasteiger partial charge in [0.25, 0.3) is 5.91 Å². The summed E-state index contributed by atoms with van der Waals surface area (Å²) < 4.78 is 0. The molecule has 1 aliphatic heterocycles. The first kappa shape index (κ1) is 13.5. The van der Waals surface area contributed by atoms with Gasteiger partial charge in [-0.1, -0.05) is 0 Å². The summed E-state index contributed by atoms with van der Waals surface area (Å²) in [5.74, 6) is -0.103. The molecule has 100 valence electrons. The quantitative estimate of drug-likeness (QED) is 0.718. The molecule has 0 aliphatic carbocycles. The molecule has 0 saturated carbocycles. The molecule has 1 aliphatic rings. The second-order valence-corrected chi connectivity index (χ2v) is 5.82. The van der Waals surface area contributed by atoms with Crippen molar-refractivity contribution in [1.29, 1.82) is 0 Å². The lowest BCUT2D eigenvalue weighted by Gasteiger charge is -2.28. The summed E-state index contributed by atoms with van der Waals surface area (Å²) in [6.45, 7) is 3.86. The van der Waals surface area contributed by atoms with E-state index in [1.807, 2.05) is 6.26 Å². The van der Waals surface area contributed by atoms with E-state index in [2.05, 4.69) is 15.5 Å². The predicted molar refractivity (Wildman–Crippen MR) is 79.0 cm³/mol.